The lowest BCUT2D eigenvalue weighted by molar-refractivity contribution is -0.111. The van der Waals surface area contributed by atoms with Gasteiger partial charge in [-0.2, -0.15) is 0 Å². The zero-order chi connectivity index (χ0) is 10.6. The van der Waals surface area contributed by atoms with Crippen molar-refractivity contribution in [3.63, 3.8) is 0 Å². The van der Waals surface area contributed by atoms with Crippen molar-refractivity contribution in [2.24, 2.45) is 0 Å². The molecule has 0 bridgehead atoms. The van der Waals surface area contributed by atoms with Gasteiger partial charge < -0.3 is 4.79 Å². The minimum atomic E-state index is -0.159. The summed E-state index contributed by atoms with van der Waals surface area (Å²) in [7, 11) is 5.05. The van der Waals surface area contributed by atoms with E-state index in [4.69, 9.17) is 7.85 Å². The predicted molar refractivity (Wildman–Crippen MR) is 62.6 cm³/mol. The first kappa shape index (κ1) is 13.7. The fraction of sp³-hybridized carbons (Fsp3) is 0.917. The summed E-state index contributed by atoms with van der Waals surface area (Å²) in [5.41, 5.74) is -0.159. The first-order valence-corrected chi connectivity index (χ1v) is 6.05. The molecular weight excluding hydrogens is 171 g/mol. The largest absolute Gasteiger partial charge is 0.313 e. The van der Waals surface area contributed by atoms with Crippen LogP contribution in [0.25, 0.3) is 0 Å². The number of hydrogen-bond acceptors (Lipinski definition) is 1. The van der Waals surface area contributed by atoms with Gasteiger partial charge in [-0.05, 0) is 12.8 Å². The Morgan fingerprint density at radius 1 is 0.857 bits per heavy atom. The third-order valence-electron chi connectivity index (χ3n) is 2.53. The molecule has 0 saturated heterocycles. The van der Waals surface area contributed by atoms with Crippen LogP contribution >= 0.6 is 0 Å². The average Bonchev–Trinajstić information content (AvgIpc) is 2.15. The first-order valence-electron chi connectivity index (χ1n) is 6.05. The van der Waals surface area contributed by atoms with Gasteiger partial charge in [0.1, 0.15) is 0 Å². The summed E-state index contributed by atoms with van der Waals surface area (Å²) in [5, 5.41) is 0. The second-order valence-electron chi connectivity index (χ2n) is 4.04. The van der Waals surface area contributed by atoms with E-state index in [1.165, 1.54) is 44.9 Å². The van der Waals surface area contributed by atoms with Gasteiger partial charge in [-0.3, -0.25) is 0 Å². The molecule has 0 saturated carbocycles. The van der Waals surface area contributed by atoms with Gasteiger partial charge in [0, 0.05) is 0 Å². The highest BCUT2D eigenvalue weighted by molar-refractivity contribution is 6.57. The van der Waals surface area contributed by atoms with E-state index in [1.54, 1.807) is 0 Å². The molecule has 0 aliphatic rings. The van der Waals surface area contributed by atoms with Crippen LogP contribution in [0.4, 0.5) is 0 Å². The molecule has 2 radical (unpaired) electrons. The van der Waals surface area contributed by atoms with Crippen LogP contribution in [0.15, 0.2) is 0 Å². The summed E-state index contributed by atoms with van der Waals surface area (Å²) in [6.45, 7) is 2.24. The smallest absolute Gasteiger partial charge is 0.167 e. The van der Waals surface area contributed by atoms with Gasteiger partial charge >= 0.3 is 0 Å². The molecule has 1 nitrogen and oxygen atoms in total. The molecule has 0 amide bonds. The van der Waals surface area contributed by atoms with Gasteiger partial charge in [0.2, 0.25) is 0 Å². The molecule has 0 N–H and O–H groups in total. The lowest BCUT2D eigenvalue weighted by Crippen LogP contribution is -1.94. The Labute approximate surface area is 90.1 Å². The maximum Gasteiger partial charge on any atom is 0.167 e. The summed E-state index contributed by atoms with van der Waals surface area (Å²) in [6, 6.07) is 0. The molecule has 0 aromatic carbocycles. The summed E-state index contributed by atoms with van der Waals surface area (Å²) < 4.78 is 0. The van der Waals surface area contributed by atoms with Crippen molar-refractivity contribution in [1.82, 2.24) is 0 Å². The summed E-state index contributed by atoms with van der Waals surface area (Å²) in [4.78, 5) is 10.4. The molecule has 0 unspecified atom stereocenters. The molecule has 0 aromatic rings. The highest BCUT2D eigenvalue weighted by Gasteiger charge is 1.94. The Balaban J connectivity index is 2.88. The molecule has 80 valence electrons. The topological polar surface area (TPSA) is 17.1 Å². The van der Waals surface area contributed by atoms with Crippen molar-refractivity contribution in [3.05, 3.63) is 0 Å². The van der Waals surface area contributed by atoms with E-state index in [-0.39, 0.29) is 5.68 Å². The quantitative estimate of drug-likeness (QED) is 0.383. The van der Waals surface area contributed by atoms with Crippen LogP contribution < -0.4 is 0 Å². The fourth-order valence-electron chi connectivity index (χ4n) is 1.61. The van der Waals surface area contributed by atoms with E-state index >= 15 is 0 Å². The predicted octanol–water partition coefficient (Wildman–Crippen LogP) is 3.60. The number of rotatable bonds is 10. The summed E-state index contributed by atoms with van der Waals surface area (Å²) >= 11 is 0. The second kappa shape index (κ2) is 10.8. The number of carbonyl (C=O) groups is 1. The number of unbranched alkanes of at least 4 members (excludes halogenated alkanes) is 8. The Kier molecular flexibility index (Phi) is 10.6. The molecular formula is C12H23BO. The van der Waals surface area contributed by atoms with Crippen LogP contribution in [0.2, 0.25) is 0 Å². The van der Waals surface area contributed by atoms with Gasteiger partial charge in [0.05, 0.1) is 5.68 Å². The van der Waals surface area contributed by atoms with Crippen molar-refractivity contribution < 1.29 is 4.79 Å². The van der Waals surface area contributed by atoms with Gasteiger partial charge in [0.25, 0.3) is 0 Å². The molecule has 0 fully saturated rings. The zero-order valence-electron chi connectivity index (χ0n) is 9.56. The SMILES string of the molecule is [B]C(=O)CCCCCCCCCCC. The van der Waals surface area contributed by atoms with Gasteiger partial charge in [-0.25, -0.2) is 0 Å². The molecule has 0 rings (SSSR count). The molecule has 0 spiro atoms. The number of carbonyl (C=O) groups excluding carboxylic acids is 1. The Hall–Kier alpha value is -0.265. The van der Waals surface area contributed by atoms with Gasteiger partial charge in [0.15, 0.2) is 7.85 Å². The van der Waals surface area contributed by atoms with Crippen LogP contribution in [-0.2, 0) is 4.79 Å². The molecule has 0 atom stereocenters. The highest BCUT2D eigenvalue weighted by atomic mass is 16.1. The molecule has 0 aliphatic carbocycles. The molecule has 14 heavy (non-hydrogen) atoms. The van der Waals surface area contributed by atoms with E-state index in [9.17, 15) is 4.79 Å². The van der Waals surface area contributed by atoms with E-state index in [2.05, 4.69) is 6.92 Å². The van der Waals surface area contributed by atoms with Crippen molar-refractivity contribution in [2.45, 2.75) is 71.1 Å². The van der Waals surface area contributed by atoms with Crippen LogP contribution in [0.5, 0.6) is 0 Å². The Morgan fingerprint density at radius 3 is 1.71 bits per heavy atom. The van der Waals surface area contributed by atoms with E-state index < -0.39 is 0 Å². The minimum Gasteiger partial charge on any atom is -0.313 e. The van der Waals surface area contributed by atoms with Crippen LogP contribution in [-0.4, -0.2) is 13.5 Å². The van der Waals surface area contributed by atoms with Crippen molar-refractivity contribution in [1.29, 1.82) is 0 Å². The maximum atomic E-state index is 10.4. The molecule has 2 heteroatoms. The van der Waals surface area contributed by atoms with Crippen molar-refractivity contribution >= 4 is 13.5 Å². The average molecular weight is 194 g/mol. The van der Waals surface area contributed by atoms with E-state index in [0.717, 1.165) is 12.8 Å². The number of hydrogen-bond donors (Lipinski definition) is 0. The Bertz CT molecular complexity index is 134. The highest BCUT2D eigenvalue weighted by Crippen LogP contribution is 2.10. The van der Waals surface area contributed by atoms with Gasteiger partial charge in [-0.1, -0.05) is 58.3 Å². The first-order chi connectivity index (χ1) is 6.77. The molecule has 0 aliphatic heterocycles. The summed E-state index contributed by atoms with van der Waals surface area (Å²) in [5.74, 6) is 0. The third-order valence-corrected chi connectivity index (χ3v) is 2.53. The van der Waals surface area contributed by atoms with E-state index in [1.807, 2.05) is 0 Å². The van der Waals surface area contributed by atoms with Crippen LogP contribution in [0.3, 0.4) is 0 Å². The van der Waals surface area contributed by atoms with Gasteiger partial charge in [-0.15, -0.1) is 0 Å². The fourth-order valence-corrected chi connectivity index (χ4v) is 1.61. The van der Waals surface area contributed by atoms with Crippen molar-refractivity contribution in [3.8, 4) is 0 Å². The van der Waals surface area contributed by atoms with Crippen LogP contribution in [0, 0.1) is 0 Å². The normalized spacial score (nSPS) is 10.4. The van der Waals surface area contributed by atoms with Crippen molar-refractivity contribution in [2.75, 3.05) is 0 Å². The molecule has 0 heterocycles. The summed E-state index contributed by atoms with van der Waals surface area (Å²) in [6.07, 6.45) is 12.1. The monoisotopic (exact) mass is 194 g/mol. The second-order valence-corrected chi connectivity index (χ2v) is 4.04. The van der Waals surface area contributed by atoms with Crippen LogP contribution in [0.1, 0.15) is 71.1 Å². The maximum absolute atomic E-state index is 10.4. The standard InChI is InChI=1S/C12H23BO/c1-2-3-4-5-6-7-8-9-10-11-12(13)14/h2-11H2,1H3. The molecule has 0 aromatic heterocycles. The Morgan fingerprint density at radius 2 is 1.29 bits per heavy atom. The van der Waals surface area contributed by atoms with E-state index in [0.29, 0.717) is 6.42 Å². The minimum absolute atomic E-state index is 0.159. The lowest BCUT2D eigenvalue weighted by atomic mass is 9.96. The third kappa shape index (κ3) is 11.7. The zero-order valence-corrected chi connectivity index (χ0v) is 9.56. The lowest BCUT2D eigenvalue weighted by Gasteiger charge is -2.00.